The molecular weight excluding hydrogens is 300 g/mol. The van der Waals surface area contributed by atoms with Gasteiger partial charge in [-0.2, -0.15) is 0 Å². The fourth-order valence-corrected chi connectivity index (χ4v) is 2.98. The van der Waals surface area contributed by atoms with Crippen LogP contribution in [0.25, 0.3) is 0 Å². The van der Waals surface area contributed by atoms with E-state index >= 15 is 0 Å². The molecule has 8 heteroatoms. The molecule has 1 aromatic heterocycles. The van der Waals surface area contributed by atoms with E-state index < -0.39 is 11.2 Å². The number of carbonyl (C=O) groups excluding carboxylic acids is 2. The molecule has 8 nitrogen and oxygen atoms in total. The van der Waals surface area contributed by atoms with Crippen LogP contribution in [0.1, 0.15) is 36.9 Å². The highest BCUT2D eigenvalue weighted by Crippen LogP contribution is 2.21. The Kier molecular flexibility index (Phi) is 5.36. The van der Waals surface area contributed by atoms with Gasteiger partial charge in [0.2, 0.25) is 11.8 Å². The number of aromatic nitrogens is 2. The molecule has 23 heavy (non-hydrogen) atoms. The van der Waals surface area contributed by atoms with Crippen molar-refractivity contribution in [3.8, 4) is 0 Å². The van der Waals surface area contributed by atoms with Crippen LogP contribution in [0, 0.1) is 12.8 Å². The number of hydrogen-bond acceptors (Lipinski definition) is 4. The minimum atomic E-state index is -0.576. The second-order valence-corrected chi connectivity index (χ2v) is 6.04. The summed E-state index contributed by atoms with van der Waals surface area (Å²) >= 11 is 0. The van der Waals surface area contributed by atoms with Crippen molar-refractivity contribution in [3.63, 3.8) is 0 Å². The molecule has 1 fully saturated rings. The first-order valence-corrected chi connectivity index (χ1v) is 7.75. The van der Waals surface area contributed by atoms with Gasteiger partial charge in [0.15, 0.2) is 0 Å². The summed E-state index contributed by atoms with van der Waals surface area (Å²) in [5, 5.41) is 0. The van der Waals surface area contributed by atoms with Crippen LogP contribution in [0.4, 0.5) is 0 Å². The molecule has 2 heterocycles. The van der Waals surface area contributed by atoms with Crippen molar-refractivity contribution < 1.29 is 9.59 Å². The monoisotopic (exact) mass is 322 g/mol. The molecule has 1 aromatic rings. The summed E-state index contributed by atoms with van der Waals surface area (Å²) in [5.41, 5.74) is 4.76. The largest absolute Gasteiger partial charge is 0.370 e. The lowest BCUT2D eigenvalue weighted by molar-refractivity contribution is -0.132. The maximum Gasteiger partial charge on any atom is 0.325 e. The van der Waals surface area contributed by atoms with Crippen molar-refractivity contribution in [1.82, 2.24) is 14.9 Å². The third kappa shape index (κ3) is 4.54. The van der Waals surface area contributed by atoms with E-state index in [1.54, 1.807) is 11.8 Å². The van der Waals surface area contributed by atoms with E-state index in [1.807, 2.05) is 0 Å². The first kappa shape index (κ1) is 17.0. The zero-order valence-electron chi connectivity index (χ0n) is 13.2. The number of aryl methyl sites for hydroxylation is 1. The molecule has 0 aromatic carbocycles. The van der Waals surface area contributed by atoms with E-state index in [0.29, 0.717) is 31.6 Å². The number of primary amides is 1. The number of hydrogen-bond donors (Lipinski definition) is 3. The zero-order chi connectivity index (χ0) is 17.0. The molecule has 2 amide bonds. The normalized spacial score (nSPS) is 18.0. The molecule has 0 bridgehead atoms. The summed E-state index contributed by atoms with van der Waals surface area (Å²) in [6.07, 6.45) is 2.80. The minimum Gasteiger partial charge on any atom is -0.370 e. The number of rotatable bonds is 5. The van der Waals surface area contributed by atoms with Crippen molar-refractivity contribution in [2.75, 3.05) is 13.1 Å². The molecular formula is C15H22N4O4. The third-order valence-electron chi connectivity index (χ3n) is 4.25. The minimum absolute atomic E-state index is 0.0412. The van der Waals surface area contributed by atoms with E-state index in [-0.39, 0.29) is 29.7 Å². The van der Waals surface area contributed by atoms with Crippen molar-refractivity contribution in [3.05, 3.63) is 32.1 Å². The molecule has 0 saturated carbocycles. The van der Waals surface area contributed by atoms with Gasteiger partial charge >= 0.3 is 5.69 Å². The van der Waals surface area contributed by atoms with Gasteiger partial charge in [-0.1, -0.05) is 0 Å². The maximum absolute atomic E-state index is 12.4. The average Bonchev–Trinajstić information content (AvgIpc) is 2.49. The summed E-state index contributed by atoms with van der Waals surface area (Å²) in [6.45, 7) is 2.82. The number of nitrogens with one attached hydrogen (secondary N) is 2. The first-order chi connectivity index (χ1) is 10.9. The number of amides is 2. The molecule has 1 aliphatic rings. The Balaban J connectivity index is 2.02. The van der Waals surface area contributed by atoms with Gasteiger partial charge in [0.1, 0.15) is 0 Å². The van der Waals surface area contributed by atoms with Crippen LogP contribution in [0.2, 0.25) is 0 Å². The summed E-state index contributed by atoms with van der Waals surface area (Å²) in [6, 6.07) is 0. The lowest BCUT2D eigenvalue weighted by atomic mass is 9.93. The second kappa shape index (κ2) is 7.26. The molecule has 4 N–H and O–H groups in total. The Hall–Kier alpha value is -2.38. The van der Waals surface area contributed by atoms with Gasteiger partial charge in [-0.05, 0) is 32.1 Å². The number of carbonyl (C=O) groups is 2. The molecule has 126 valence electrons. The Morgan fingerprint density at radius 2 is 2.04 bits per heavy atom. The predicted octanol–water partition coefficient (Wildman–Crippen LogP) is -0.582. The molecule has 2 rings (SSSR count). The van der Waals surface area contributed by atoms with Crippen LogP contribution < -0.4 is 17.0 Å². The van der Waals surface area contributed by atoms with Crippen LogP contribution in [0.5, 0.6) is 0 Å². The van der Waals surface area contributed by atoms with Gasteiger partial charge in [0.25, 0.3) is 5.56 Å². The molecule has 0 spiro atoms. The van der Waals surface area contributed by atoms with Gasteiger partial charge in [-0.25, -0.2) is 4.79 Å². The predicted molar refractivity (Wildman–Crippen MR) is 83.9 cm³/mol. The molecule has 1 aliphatic heterocycles. The lowest BCUT2D eigenvalue weighted by Gasteiger charge is -2.32. The molecule has 0 radical (unpaired) electrons. The highest BCUT2D eigenvalue weighted by atomic mass is 16.2. The molecule has 1 atom stereocenters. The van der Waals surface area contributed by atoms with Gasteiger partial charge in [0, 0.05) is 30.8 Å². The molecule has 0 unspecified atom stereocenters. The quantitative estimate of drug-likeness (QED) is 0.669. The van der Waals surface area contributed by atoms with Gasteiger partial charge in [-0.15, -0.1) is 0 Å². The van der Waals surface area contributed by atoms with Crippen molar-refractivity contribution in [2.45, 2.75) is 39.0 Å². The van der Waals surface area contributed by atoms with Gasteiger partial charge in [0.05, 0.1) is 6.42 Å². The highest BCUT2D eigenvalue weighted by Gasteiger charge is 2.25. The Bertz CT molecular complexity index is 706. The number of nitrogens with two attached hydrogens (primary N) is 1. The van der Waals surface area contributed by atoms with E-state index in [4.69, 9.17) is 5.73 Å². The van der Waals surface area contributed by atoms with Crippen molar-refractivity contribution in [2.24, 2.45) is 11.7 Å². The average molecular weight is 322 g/mol. The summed E-state index contributed by atoms with van der Waals surface area (Å²) in [5.74, 6) is -0.214. The number of aromatic amines is 2. The van der Waals surface area contributed by atoms with Gasteiger partial charge in [-0.3, -0.25) is 19.4 Å². The van der Waals surface area contributed by atoms with Crippen molar-refractivity contribution >= 4 is 11.8 Å². The Morgan fingerprint density at radius 3 is 2.70 bits per heavy atom. The number of H-pyrrole nitrogens is 2. The zero-order valence-corrected chi connectivity index (χ0v) is 13.2. The number of likely N-dealkylation sites (tertiary alicyclic amines) is 1. The highest BCUT2D eigenvalue weighted by molar-refractivity contribution is 5.79. The molecule has 0 aliphatic carbocycles. The van der Waals surface area contributed by atoms with Crippen molar-refractivity contribution in [1.29, 1.82) is 0 Å². The van der Waals surface area contributed by atoms with Crippen LogP contribution in [-0.2, 0) is 16.0 Å². The first-order valence-electron chi connectivity index (χ1n) is 7.75. The summed E-state index contributed by atoms with van der Waals surface area (Å²) in [7, 11) is 0. The number of piperidine rings is 1. The standard InChI is InChI=1S/C15H22N4O4/c1-9-11(14(22)18-15(23)17-9)7-13(21)19-6-2-3-10(8-19)4-5-12(16)20/h10H,2-8H2,1H3,(H2,16,20)(H2,17,18,22,23)/t10-/m0/s1. The van der Waals surface area contributed by atoms with E-state index in [0.717, 1.165) is 12.8 Å². The fourth-order valence-electron chi connectivity index (χ4n) is 2.98. The van der Waals surface area contributed by atoms with E-state index in [9.17, 15) is 19.2 Å². The maximum atomic E-state index is 12.4. The summed E-state index contributed by atoms with van der Waals surface area (Å²) in [4.78, 5) is 52.7. The number of nitrogens with zero attached hydrogens (tertiary/aromatic N) is 1. The van der Waals surface area contributed by atoms with Crippen LogP contribution in [-0.4, -0.2) is 39.8 Å². The van der Waals surface area contributed by atoms with Crippen LogP contribution in [0.3, 0.4) is 0 Å². The topological polar surface area (TPSA) is 129 Å². The SMILES string of the molecule is Cc1[nH]c(=O)[nH]c(=O)c1CC(=O)N1CCC[C@@H](CCC(N)=O)C1. The Morgan fingerprint density at radius 1 is 1.30 bits per heavy atom. The smallest absolute Gasteiger partial charge is 0.325 e. The Labute approximate surface area is 133 Å². The van der Waals surface area contributed by atoms with E-state index in [1.165, 1.54) is 0 Å². The van der Waals surface area contributed by atoms with Crippen LogP contribution >= 0.6 is 0 Å². The van der Waals surface area contributed by atoms with Crippen LogP contribution in [0.15, 0.2) is 9.59 Å². The third-order valence-corrected chi connectivity index (χ3v) is 4.25. The fraction of sp³-hybridized carbons (Fsp3) is 0.600. The van der Waals surface area contributed by atoms with E-state index in [2.05, 4.69) is 9.97 Å². The lowest BCUT2D eigenvalue weighted by Crippen LogP contribution is -2.42. The summed E-state index contributed by atoms with van der Waals surface area (Å²) < 4.78 is 0. The second-order valence-electron chi connectivity index (χ2n) is 6.04. The van der Waals surface area contributed by atoms with Gasteiger partial charge < -0.3 is 15.6 Å². The molecule has 1 saturated heterocycles.